The Labute approximate surface area is 157 Å². The number of halogens is 3. The number of benzene rings is 1. The topological polar surface area (TPSA) is 66.5 Å². The Morgan fingerprint density at radius 2 is 1.85 bits per heavy atom. The predicted molar refractivity (Wildman–Crippen MR) is 93.7 cm³/mol. The van der Waals surface area contributed by atoms with Crippen LogP contribution in [0.25, 0.3) is 0 Å². The molecule has 27 heavy (non-hydrogen) atoms. The molecule has 1 aromatic carbocycles. The van der Waals surface area contributed by atoms with E-state index in [4.69, 9.17) is 0 Å². The molecule has 1 aromatic rings. The number of alkyl halides is 3. The molecule has 1 saturated carbocycles. The van der Waals surface area contributed by atoms with Crippen LogP contribution in [0.15, 0.2) is 29.2 Å². The van der Waals surface area contributed by atoms with E-state index in [1.807, 2.05) is 0 Å². The van der Waals surface area contributed by atoms with E-state index in [9.17, 15) is 26.4 Å². The van der Waals surface area contributed by atoms with Crippen LogP contribution in [0.3, 0.4) is 0 Å². The first kappa shape index (κ1) is 20.1. The number of fused-ring (bicyclic) bond motifs is 1. The lowest BCUT2D eigenvalue weighted by atomic mass is 9.75. The number of hydrogen-bond acceptors (Lipinski definition) is 3. The zero-order chi connectivity index (χ0) is 19.7. The number of rotatable bonds is 4. The smallest absolute Gasteiger partial charge is 0.338 e. The molecule has 1 aliphatic carbocycles. The number of likely N-dealkylation sites (tertiary alicyclic amines) is 1. The average Bonchev–Trinajstić information content (AvgIpc) is 2.65. The van der Waals surface area contributed by atoms with Gasteiger partial charge in [0.05, 0.1) is 4.90 Å². The Kier molecular flexibility index (Phi) is 5.81. The second-order valence-corrected chi connectivity index (χ2v) is 9.08. The summed E-state index contributed by atoms with van der Waals surface area (Å²) in [5.41, 5.74) is 0.180. The number of hydrogen-bond donors (Lipinski definition) is 1. The first-order valence-electron chi connectivity index (χ1n) is 9.11. The molecule has 3 rings (SSSR count). The Balaban J connectivity index is 1.72. The van der Waals surface area contributed by atoms with Crippen molar-refractivity contribution in [1.29, 1.82) is 0 Å². The van der Waals surface area contributed by atoms with Crippen LogP contribution in [0.5, 0.6) is 0 Å². The van der Waals surface area contributed by atoms with Gasteiger partial charge in [0, 0.05) is 18.7 Å². The second-order valence-electron chi connectivity index (χ2n) is 7.31. The van der Waals surface area contributed by atoms with Crippen molar-refractivity contribution in [3.63, 3.8) is 0 Å². The highest BCUT2D eigenvalue weighted by Gasteiger charge is 2.34. The molecule has 1 N–H and O–H groups in total. The summed E-state index contributed by atoms with van der Waals surface area (Å²) in [6, 6.07) is 5.21. The Morgan fingerprint density at radius 1 is 1.15 bits per heavy atom. The van der Waals surface area contributed by atoms with Crippen LogP contribution < -0.4 is 4.72 Å². The number of nitrogens with zero attached hydrogens (tertiary/aromatic N) is 1. The van der Waals surface area contributed by atoms with Gasteiger partial charge in [-0.05, 0) is 42.9 Å². The monoisotopic (exact) mass is 404 g/mol. The minimum absolute atomic E-state index is 0.180. The van der Waals surface area contributed by atoms with Crippen LogP contribution in [0.1, 0.15) is 42.5 Å². The number of amides is 1. The van der Waals surface area contributed by atoms with Crippen molar-refractivity contribution in [2.45, 2.75) is 43.2 Å². The molecule has 150 valence electrons. The first-order chi connectivity index (χ1) is 12.7. The Bertz CT molecular complexity index is 795. The third kappa shape index (κ3) is 5.01. The van der Waals surface area contributed by atoms with Gasteiger partial charge in [0.15, 0.2) is 0 Å². The van der Waals surface area contributed by atoms with Crippen molar-refractivity contribution >= 4 is 15.9 Å². The maximum Gasteiger partial charge on any atom is 0.402 e. The number of nitrogens with one attached hydrogen (secondary N) is 1. The summed E-state index contributed by atoms with van der Waals surface area (Å²) in [5, 5.41) is 0. The van der Waals surface area contributed by atoms with E-state index in [0.717, 1.165) is 18.9 Å². The molecule has 9 heteroatoms. The molecule has 1 aliphatic heterocycles. The summed E-state index contributed by atoms with van der Waals surface area (Å²) >= 11 is 0. The van der Waals surface area contributed by atoms with Crippen molar-refractivity contribution in [3.05, 3.63) is 29.8 Å². The molecule has 2 aliphatic rings. The van der Waals surface area contributed by atoms with Crippen LogP contribution >= 0.6 is 0 Å². The van der Waals surface area contributed by atoms with Crippen molar-refractivity contribution in [2.24, 2.45) is 11.8 Å². The second kappa shape index (κ2) is 7.79. The van der Waals surface area contributed by atoms with E-state index < -0.39 is 22.7 Å². The Hall–Kier alpha value is -1.61. The molecule has 0 aromatic heterocycles. The van der Waals surface area contributed by atoms with Gasteiger partial charge in [-0.25, -0.2) is 13.1 Å². The molecule has 1 heterocycles. The van der Waals surface area contributed by atoms with Gasteiger partial charge < -0.3 is 4.90 Å². The van der Waals surface area contributed by atoms with Gasteiger partial charge in [0.25, 0.3) is 5.91 Å². The largest absolute Gasteiger partial charge is 0.402 e. The van der Waals surface area contributed by atoms with Gasteiger partial charge in [-0.3, -0.25) is 4.79 Å². The fourth-order valence-corrected chi connectivity index (χ4v) is 5.08. The van der Waals surface area contributed by atoms with Crippen LogP contribution in [0.2, 0.25) is 0 Å². The van der Waals surface area contributed by atoms with Gasteiger partial charge in [0.2, 0.25) is 10.0 Å². The fourth-order valence-electron chi connectivity index (χ4n) is 4.02. The maximum absolute atomic E-state index is 12.8. The van der Waals surface area contributed by atoms with Crippen molar-refractivity contribution < 1.29 is 26.4 Å². The SMILES string of the molecule is O=C(c1cccc(S(=O)(=O)NCC(F)(F)F)c1)N1CCC2CCCCC2C1. The van der Waals surface area contributed by atoms with Crippen molar-refractivity contribution in [2.75, 3.05) is 19.6 Å². The average molecular weight is 404 g/mol. The summed E-state index contributed by atoms with van der Waals surface area (Å²) in [6.45, 7) is -0.362. The lowest BCUT2D eigenvalue weighted by molar-refractivity contribution is -0.121. The number of carbonyl (C=O) groups excluding carboxylic acids is 1. The molecule has 0 bridgehead atoms. The summed E-state index contributed by atoms with van der Waals surface area (Å²) in [6.07, 6.45) is 1.00. The number of piperidine rings is 1. The van der Waals surface area contributed by atoms with E-state index in [-0.39, 0.29) is 16.4 Å². The molecule has 2 fully saturated rings. The minimum atomic E-state index is -4.65. The molecule has 2 unspecified atom stereocenters. The van der Waals surface area contributed by atoms with Gasteiger partial charge >= 0.3 is 6.18 Å². The quantitative estimate of drug-likeness (QED) is 0.838. The summed E-state index contributed by atoms with van der Waals surface area (Å²) in [5.74, 6) is 0.866. The molecule has 1 saturated heterocycles. The lowest BCUT2D eigenvalue weighted by Crippen LogP contribution is -2.44. The van der Waals surface area contributed by atoms with Gasteiger partial charge in [-0.15, -0.1) is 0 Å². The van der Waals surface area contributed by atoms with Crippen molar-refractivity contribution in [1.82, 2.24) is 9.62 Å². The van der Waals surface area contributed by atoms with Crippen molar-refractivity contribution in [3.8, 4) is 0 Å². The molecule has 2 atom stereocenters. The number of sulfonamides is 1. The number of carbonyl (C=O) groups is 1. The van der Waals surface area contributed by atoms with Crippen LogP contribution in [0, 0.1) is 11.8 Å². The van der Waals surface area contributed by atoms with E-state index in [1.54, 1.807) is 4.90 Å². The lowest BCUT2D eigenvalue weighted by Gasteiger charge is -2.41. The highest BCUT2D eigenvalue weighted by atomic mass is 32.2. The third-order valence-corrected chi connectivity index (χ3v) is 6.83. The van der Waals surface area contributed by atoms with Crippen LogP contribution in [-0.2, 0) is 10.0 Å². The van der Waals surface area contributed by atoms with Gasteiger partial charge in [-0.1, -0.05) is 25.3 Å². The third-order valence-electron chi connectivity index (χ3n) is 5.43. The Morgan fingerprint density at radius 3 is 2.56 bits per heavy atom. The van der Waals surface area contributed by atoms with E-state index in [0.29, 0.717) is 24.9 Å². The van der Waals surface area contributed by atoms with Crippen LogP contribution in [-0.4, -0.2) is 45.0 Å². The highest BCUT2D eigenvalue weighted by Crippen LogP contribution is 2.36. The van der Waals surface area contributed by atoms with Crippen LogP contribution in [0.4, 0.5) is 13.2 Å². The normalized spacial score (nSPS) is 23.7. The minimum Gasteiger partial charge on any atom is -0.338 e. The highest BCUT2D eigenvalue weighted by molar-refractivity contribution is 7.89. The first-order valence-corrected chi connectivity index (χ1v) is 10.6. The molecular formula is C18H23F3N2O3S. The molecule has 5 nitrogen and oxygen atoms in total. The fraction of sp³-hybridized carbons (Fsp3) is 0.611. The van der Waals surface area contributed by atoms with E-state index in [2.05, 4.69) is 0 Å². The van der Waals surface area contributed by atoms with E-state index in [1.165, 1.54) is 42.2 Å². The van der Waals surface area contributed by atoms with E-state index >= 15 is 0 Å². The molecule has 1 amide bonds. The zero-order valence-corrected chi connectivity index (χ0v) is 15.7. The van der Waals surface area contributed by atoms with Gasteiger partial charge in [-0.2, -0.15) is 13.2 Å². The summed E-state index contributed by atoms with van der Waals surface area (Å²) < 4.78 is 62.6. The maximum atomic E-state index is 12.8. The predicted octanol–water partition coefficient (Wildman–Crippen LogP) is 3.18. The standard InChI is InChI=1S/C18H23F3N2O3S/c19-18(20,21)12-22-27(25,26)16-7-3-6-14(10-16)17(24)23-9-8-13-4-1-2-5-15(13)11-23/h3,6-7,10,13,15,22H,1-2,4-5,8-9,11-12H2. The molecule has 0 radical (unpaired) electrons. The summed E-state index contributed by atoms with van der Waals surface area (Å²) in [4.78, 5) is 14.2. The molecular weight excluding hydrogens is 381 g/mol. The zero-order valence-electron chi connectivity index (χ0n) is 14.8. The summed E-state index contributed by atoms with van der Waals surface area (Å²) in [7, 11) is -4.34. The molecule has 0 spiro atoms. The van der Waals surface area contributed by atoms with Gasteiger partial charge in [0.1, 0.15) is 6.54 Å².